The van der Waals surface area contributed by atoms with Crippen LogP contribution in [0.3, 0.4) is 0 Å². The smallest absolute Gasteiger partial charge is 0.251 e. The lowest BCUT2D eigenvalue weighted by atomic mass is 10.2. The van der Waals surface area contributed by atoms with Crippen LogP contribution in [0.4, 0.5) is 0 Å². The van der Waals surface area contributed by atoms with E-state index in [1.165, 1.54) is 0 Å². The van der Waals surface area contributed by atoms with Crippen LogP contribution in [-0.4, -0.2) is 29.8 Å². The first kappa shape index (κ1) is 15.5. The van der Waals surface area contributed by atoms with E-state index in [0.29, 0.717) is 24.3 Å². The minimum Gasteiger partial charge on any atom is -0.491 e. The molecule has 1 atom stereocenters. The number of amides is 1. The molecule has 1 amide bonds. The van der Waals surface area contributed by atoms with Gasteiger partial charge in [0.25, 0.3) is 5.91 Å². The fourth-order valence-corrected chi connectivity index (χ4v) is 1.68. The quantitative estimate of drug-likeness (QED) is 0.744. The maximum absolute atomic E-state index is 11.9. The van der Waals surface area contributed by atoms with Gasteiger partial charge in [0.15, 0.2) is 0 Å². The van der Waals surface area contributed by atoms with Gasteiger partial charge in [-0.3, -0.25) is 4.79 Å². The van der Waals surface area contributed by atoms with Crippen molar-refractivity contribution in [2.45, 2.75) is 45.8 Å². The molecular formula is C15H23NO3. The number of hydrogen-bond donors (Lipinski definition) is 2. The number of aliphatic hydroxyl groups excluding tert-OH is 1. The predicted molar refractivity (Wildman–Crippen MR) is 75.5 cm³/mol. The average molecular weight is 265 g/mol. The first-order chi connectivity index (χ1) is 8.99. The number of carbonyl (C=O) groups is 1. The summed E-state index contributed by atoms with van der Waals surface area (Å²) in [6.07, 6.45) is 1.23. The van der Waals surface area contributed by atoms with Gasteiger partial charge in [-0.25, -0.2) is 0 Å². The van der Waals surface area contributed by atoms with E-state index < -0.39 is 0 Å². The minimum atomic E-state index is -0.320. The van der Waals surface area contributed by atoms with Crippen molar-refractivity contribution in [3.63, 3.8) is 0 Å². The van der Waals surface area contributed by atoms with Crippen LogP contribution >= 0.6 is 0 Å². The summed E-state index contributed by atoms with van der Waals surface area (Å²) in [6.45, 7) is 6.21. The van der Waals surface area contributed by atoms with Gasteiger partial charge in [0, 0.05) is 12.1 Å². The number of nitrogens with one attached hydrogen (secondary N) is 1. The van der Waals surface area contributed by atoms with E-state index in [4.69, 9.17) is 9.84 Å². The Bertz CT molecular complexity index is 402. The number of ether oxygens (including phenoxy) is 1. The number of aliphatic hydroxyl groups is 1. The Morgan fingerprint density at radius 2 is 2.11 bits per heavy atom. The maximum atomic E-state index is 11.9. The second-order valence-electron chi connectivity index (χ2n) is 4.94. The lowest BCUT2D eigenvalue weighted by Crippen LogP contribution is -2.25. The van der Waals surface area contributed by atoms with Crippen molar-refractivity contribution in [3.05, 3.63) is 29.8 Å². The van der Waals surface area contributed by atoms with Crippen LogP contribution in [0.2, 0.25) is 0 Å². The third-order valence-corrected chi connectivity index (χ3v) is 2.55. The molecule has 0 aliphatic heterocycles. The molecule has 0 bridgehead atoms. The molecule has 1 unspecified atom stereocenters. The molecule has 19 heavy (non-hydrogen) atoms. The molecule has 1 rings (SSSR count). The number of hydrogen-bond acceptors (Lipinski definition) is 3. The Labute approximate surface area is 114 Å². The molecule has 2 N–H and O–H groups in total. The molecule has 0 fully saturated rings. The van der Waals surface area contributed by atoms with E-state index in [2.05, 4.69) is 5.32 Å². The Kier molecular flexibility index (Phi) is 6.36. The SMILES string of the molecule is CC(O)CCCNC(=O)c1cccc(OC(C)C)c1. The molecule has 1 aromatic carbocycles. The summed E-state index contributed by atoms with van der Waals surface area (Å²) >= 11 is 0. The summed E-state index contributed by atoms with van der Waals surface area (Å²) in [5, 5.41) is 12.0. The van der Waals surface area contributed by atoms with E-state index in [9.17, 15) is 4.79 Å². The van der Waals surface area contributed by atoms with Gasteiger partial charge in [-0.2, -0.15) is 0 Å². The van der Waals surface area contributed by atoms with Crippen LogP contribution in [0.1, 0.15) is 44.0 Å². The molecule has 4 heteroatoms. The first-order valence-electron chi connectivity index (χ1n) is 6.72. The number of rotatable bonds is 7. The fourth-order valence-electron chi connectivity index (χ4n) is 1.68. The molecule has 0 radical (unpaired) electrons. The molecule has 106 valence electrons. The molecule has 0 aliphatic rings. The van der Waals surface area contributed by atoms with Crippen LogP contribution in [0.25, 0.3) is 0 Å². The number of benzene rings is 1. The topological polar surface area (TPSA) is 58.6 Å². The summed E-state index contributed by atoms with van der Waals surface area (Å²) in [6, 6.07) is 7.15. The molecule has 1 aromatic rings. The standard InChI is InChI=1S/C15H23NO3/c1-11(2)19-14-8-4-7-13(10-14)15(18)16-9-5-6-12(3)17/h4,7-8,10-12,17H,5-6,9H2,1-3H3,(H,16,18). The van der Waals surface area contributed by atoms with Gasteiger partial charge in [0.1, 0.15) is 5.75 Å². The van der Waals surface area contributed by atoms with Crippen molar-refractivity contribution in [1.29, 1.82) is 0 Å². The Morgan fingerprint density at radius 1 is 1.37 bits per heavy atom. The largest absolute Gasteiger partial charge is 0.491 e. The van der Waals surface area contributed by atoms with Gasteiger partial charge in [0.2, 0.25) is 0 Å². The summed E-state index contributed by atoms with van der Waals surface area (Å²) < 4.78 is 5.55. The Morgan fingerprint density at radius 3 is 2.74 bits per heavy atom. The van der Waals surface area contributed by atoms with Crippen LogP contribution in [0.15, 0.2) is 24.3 Å². The average Bonchev–Trinajstić information content (AvgIpc) is 2.33. The zero-order chi connectivity index (χ0) is 14.3. The van der Waals surface area contributed by atoms with Gasteiger partial charge >= 0.3 is 0 Å². The third-order valence-electron chi connectivity index (χ3n) is 2.55. The van der Waals surface area contributed by atoms with Crippen molar-refractivity contribution in [1.82, 2.24) is 5.32 Å². The first-order valence-corrected chi connectivity index (χ1v) is 6.72. The van der Waals surface area contributed by atoms with E-state index in [1.807, 2.05) is 26.0 Å². The van der Waals surface area contributed by atoms with Gasteiger partial charge < -0.3 is 15.2 Å². The normalized spacial score (nSPS) is 12.3. The van der Waals surface area contributed by atoms with Gasteiger partial charge in [0.05, 0.1) is 12.2 Å². The third kappa shape index (κ3) is 6.25. The van der Waals surface area contributed by atoms with Gasteiger partial charge in [-0.05, 0) is 51.8 Å². The van der Waals surface area contributed by atoms with Crippen LogP contribution < -0.4 is 10.1 Å². The molecule has 0 heterocycles. The zero-order valence-corrected chi connectivity index (χ0v) is 11.8. The Balaban J connectivity index is 2.47. The molecular weight excluding hydrogens is 242 g/mol. The highest BCUT2D eigenvalue weighted by atomic mass is 16.5. The van der Waals surface area contributed by atoms with Gasteiger partial charge in [-0.15, -0.1) is 0 Å². The summed E-state index contributed by atoms with van der Waals surface area (Å²) in [5.74, 6) is 0.589. The molecule has 4 nitrogen and oxygen atoms in total. The summed E-state index contributed by atoms with van der Waals surface area (Å²) in [5.41, 5.74) is 0.593. The second-order valence-corrected chi connectivity index (χ2v) is 4.94. The highest BCUT2D eigenvalue weighted by molar-refractivity contribution is 5.94. The highest BCUT2D eigenvalue weighted by Gasteiger charge is 2.07. The summed E-state index contributed by atoms with van der Waals surface area (Å²) in [7, 11) is 0. The minimum absolute atomic E-state index is 0.0874. The maximum Gasteiger partial charge on any atom is 0.251 e. The highest BCUT2D eigenvalue weighted by Crippen LogP contribution is 2.14. The fraction of sp³-hybridized carbons (Fsp3) is 0.533. The monoisotopic (exact) mass is 265 g/mol. The summed E-state index contributed by atoms with van der Waals surface area (Å²) in [4.78, 5) is 11.9. The molecule has 0 saturated carbocycles. The predicted octanol–water partition coefficient (Wildman–Crippen LogP) is 2.36. The van der Waals surface area contributed by atoms with Crippen LogP contribution in [0, 0.1) is 0 Å². The van der Waals surface area contributed by atoms with Crippen molar-refractivity contribution in [3.8, 4) is 5.75 Å². The lowest BCUT2D eigenvalue weighted by Gasteiger charge is -2.11. The van der Waals surface area contributed by atoms with Crippen LogP contribution in [-0.2, 0) is 0 Å². The molecule has 0 aliphatic carbocycles. The van der Waals surface area contributed by atoms with Gasteiger partial charge in [-0.1, -0.05) is 6.07 Å². The van der Waals surface area contributed by atoms with E-state index in [1.54, 1.807) is 19.1 Å². The molecule has 0 saturated heterocycles. The second kappa shape index (κ2) is 7.79. The van der Waals surface area contributed by atoms with E-state index >= 15 is 0 Å². The van der Waals surface area contributed by atoms with Crippen molar-refractivity contribution < 1.29 is 14.6 Å². The zero-order valence-electron chi connectivity index (χ0n) is 11.8. The van der Waals surface area contributed by atoms with Crippen LogP contribution in [0.5, 0.6) is 5.75 Å². The van der Waals surface area contributed by atoms with Crippen molar-refractivity contribution >= 4 is 5.91 Å². The van der Waals surface area contributed by atoms with Crippen molar-refractivity contribution in [2.24, 2.45) is 0 Å². The van der Waals surface area contributed by atoms with E-state index in [-0.39, 0.29) is 18.1 Å². The Hall–Kier alpha value is -1.55. The lowest BCUT2D eigenvalue weighted by molar-refractivity contribution is 0.0949. The number of carbonyl (C=O) groups excluding carboxylic acids is 1. The molecule has 0 spiro atoms. The van der Waals surface area contributed by atoms with Crippen molar-refractivity contribution in [2.75, 3.05) is 6.54 Å². The molecule has 0 aromatic heterocycles. The van der Waals surface area contributed by atoms with E-state index in [0.717, 1.165) is 6.42 Å².